The Morgan fingerprint density at radius 3 is 2.80 bits per heavy atom. The van der Waals surface area contributed by atoms with Crippen molar-refractivity contribution in [3.05, 3.63) is 50.6 Å². The molecule has 2 amide bonds. The Labute approximate surface area is 117 Å². The number of thiazole rings is 1. The lowest BCUT2D eigenvalue weighted by atomic mass is 10.2. The molecule has 0 saturated carbocycles. The first-order valence-electron chi connectivity index (χ1n) is 5.59. The smallest absolute Gasteiger partial charge is 0.335 e. The van der Waals surface area contributed by atoms with Gasteiger partial charge in [-0.3, -0.25) is 4.79 Å². The zero-order chi connectivity index (χ0) is 14.5. The third-order valence-electron chi connectivity index (χ3n) is 2.38. The number of amides is 2. The molecule has 0 aliphatic rings. The Balaban J connectivity index is 1.92. The molecule has 2 rings (SSSR count). The van der Waals surface area contributed by atoms with E-state index in [1.807, 2.05) is 0 Å². The van der Waals surface area contributed by atoms with Crippen LogP contribution in [0.3, 0.4) is 0 Å². The van der Waals surface area contributed by atoms with Crippen molar-refractivity contribution in [1.29, 1.82) is 0 Å². The maximum Gasteiger partial charge on any atom is 0.335 e. The molecular weight excluding hydrogens is 282 g/mol. The van der Waals surface area contributed by atoms with Gasteiger partial charge in [-0.15, -0.1) is 0 Å². The van der Waals surface area contributed by atoms with Crippen LogP contribution < -0.4 is 15.5 Å². The molecule has 2 aromatic rings. The molecule has 0 aliphatic carbocycles. The lowest BCUT2D eigenvalue weighted by Gasteiger charge is -2.07. The van der Waals surface area contributed by atoms with E-state index in [2.05, 4.69) is 15.6 Å². The standard InChI is InChI=1S/C12H11N3O4S/c16-10(17)7-2-1-3-8(4-7)14-11(18)13-5-9-6-20-12(19)15-9/h1-4,6H,5H2,(H,15,19)(H,16,17)(H2,13,14,18). The van der Waals surface area contributed by atoms with E-state index in [9.17, 15) is 14.4 Å². The van der Waals surface area contributed by atoms with Crippen LogP contribution in [0.4, 0.5) is 10.5 Å². The summed E-state index contributed by atoms with van der Waals surface area (Å²) in [5.41, 5.74) is 1.07. The lowest BCUT2D eigenvalue weighted by molar-refractivity contribution is 0.0697. The first-order chi connectivity index (χ1) is 9.54. The molecule has 0 spiro atoms. The van der Waals surface area contributed by atoms with Gasteiger partial charge in [0.2, 0.25) is 0 Å². The van der Waals surface area contributed by atoms with Gasteiger partial charge >= 0.3 is 16.9 Å². The minimum Gasteiger partial charge on any atom is -0.478 e. The van der Waals surface area contributed by atoms with Gasteiger partial charge in [-0.2, -0.15) is 0 Å². The van der Waals surface area contributed by atoms with Gasteiger partial charge in [-0.05, 0) is 18.2 Å². The van der Waals surface area contributed by atoms with E-state index in [0.29, 0.717) is 11.4 Å². The van der Waals surface area contributed by atoms with Gasteiger partial charge in [0.15, 0.2) is 0 Å². The zero-order valence-electron chi connectivity index (χ0n) is 10.2. The molecule has 0 fully saturated rings. The quantitative estimate of drug-likeness (QED) is 0.683. The van der Waals surface area contributed by atoms with Gasteiger partial charge in [-0.25, -0.2) is 9.59 Å². The van der Waals surface area contributed by atoms with Crippen LogP contribution in [0.5, 0.6) is 0 Å². The molecule has 1 aromatic heterocycles. The summed E-state index contributed by atoms with van der Waals surface area (Å²) in [4.78, 5) is 35.7. The Morgan fingerprint density at radius 2 is 2.15 bits per heavy atom. The summed E-state index contributed by atoms with van der Waals surface area (Å²) in [5, 5.41) is 15.5. The average molecular weight is 293 g/mol. The predicted octanol–water partition coefficient (Wildman–Crippen LogP) is 1.46. The van der Waals surface area contributed by atoms with Gasteiger partial charge < -0.3 is 20.7 Å². The number of H-pyrrole nitrogens is 1. The second kappa shape index (κ2) is 6.02. The van der Waals surface area contributed by atoms with E-state index in [0.717, 1.165) is 11.3 Å². The van der Waals surface area contributed by atoms with Crippen molar-refractivity contribution in [3.8, 4) is 0 Å². The number of hydrogen-bond donors (Lipinski definition) is 4. The number of aromatic carboxylic acids is 1. The third-order valence-corrected chi connectivity index (χ3v) is 3.10. The number of carbonyl (C=O) groups is 2. The van der Waals surface area contributed by atoms with Crippen LogP contribution in [0.15, 0.2) is 34.4 Å². The first-order valence-corrected chi connectivity index (χ1v) is 6.47. The summed E-state index contributed by atoms with van der Waals surface area (Å²) in [7, 11) is 0. The van der Waals surface area contributed by atoms with E-state index < -0.39 is 12.0 Å². The summed E-state index contributed by atoms with van der Waals surface area (Å²) in [6.07, 6.45) is 0. The van der Waals surface area contributed by atoms with Crippen LogP contribution in [0.2, 0.25) is 0 Å². The molecule has 0 radical (unpaired) electrons. The fraction of sp³-hybridized carbons (Fsp3) is 0.0833. The number of nitrogens with one attached hydrogen (secondary N) is 3. The number of carbonyl (C=O) groups excluding carboxylic acids is 1. The van der Waals surface area contributed by atoms with Crippen molar-refractivity contribution in [2.24, 2.45) is 0 Å². The molecule has 1 heterocycles. The van der Waals surface area contributed by atoms with Crippen LogP contribution in [0, 0.1) is 0 Å². The minimum absolute atomic E-state index is 0.0879. The summed E-state index contributed by atoms with van der Waals surface area (Å²) in [6.45, 7) is 0.184. The maximum atomic E-state index is 11.6. The van der Waals surface area contributed by atoms with Crippen LogP contribution in [0.1, 0.15) is 16.1 Å². The van der Waals surface area contributed by atoms with Crippen LogP contribution in [0.25, 0.3) is 0 Å². The number of carboxylic acids is 1. The van der Waals surface area contributed by atoms with Crippen molar-refractivity contribution in [2.75, 3.05) is 5.32 Å². The topological polar surface area (TPSA) is 111 Å². The highest BCUT2D eigenvalue weighted by atomic mass is 32.1. The Bertz CT molecular complexity index is 692. The average Bonchev–Trinajstić information content (AvgIpc) is 2.82. The summed E-state index contributed by atoms with van der Waals surface area (Å²) in [6, 6.07) is 5.42. The largest absolute Gasteiger partial charge is 0.478 e. The third kappa shape index (κ3) is 3.69. The number of aromatic amines is 1. The normalized spacial score (nSPS) is 10.0. The molecule has 20 heavy (non-hydrogen) atoms. The summed E-state index contributed by atoms with van der Waals surface area (Å²) < 4.78 is 0. The number of carboxylic acid groups (broad SMARTS) is 1. The Hall–Kier alpha value is -2.61. The Kier molecular flexibility index (Phi) is 4.16. The highest BCUT2D eigenvalue weighted by Crippen LogP contribution is 2.10. The summed E-state index contributed by atoms with van der Waals surface area (Å²) >= 11 is 1.02. The second-order valence-electron chi connectivity index (χ2n) is 3.87. The molecule has 0 atom stereocenters. The molecule has 1 aromatic carbocycles. The fourth-order valence-electron chi connectivity index (χ4n) is 1.48. The molecule has 0 bridgehead atoms. The molecule has 7 nitrogen and oxygen atoms in total. The molecule has 104 valence electrons. The number of urea groups is 1. The van der Waals surface area contributed by atoms with Crippen LogP contribution in [-0.4, -0.2) is 22.1 Å². The van der Waals surface area contributed by atoms with E-state index in [4.69, 9.17) is 5.11 Å². The van der Waals surface area contributed by atoms with Crippen LogP contribution in [-0.2, 0) is 6.54 Å². The molecule has 4 N–H and O–H groups in total. The highest BCUT2D eigenvalue weighted by molar-refractivity contribution is 7.07. The minimum atomic E-state index is -1.06. The van der Waals surface area contributed by atoms with Gasteiger partial charge in [0.05, 0.1) is 12.1 Å². The van der Waals surface area contributed by atoms with E-state index in [1.54, 1.807) is 11.4 Å². The SMILES string of the molecule is O=C(NCc1csc(=O)[nH]1)Nc1cccc(C(=O)O)c1. The van der Waals surface area contributed by atoms with Gasteiger partial charge in [0.1, 0.15) is 0 Å². The molecule has 0 saturated heterocycles. The lowest BCUT2D eigenvalue weighted by Crippen LogP contribution is -2.28. The van der Waals surface area contributed by atoms with E-state index in [-0.39, 0.29) is 17.0 Å². The maximum absolute atomic E-state index is 11.6. The van der Waals surface area contributed by atoms with E-state index in [1.165, 1.54) is 18.2 Å². The van der Waals surface area contributed by atoms with Crippen molar-refractivity contribution in [3.63, 3.8) is 0 Å². The first kappa shape index (κ1) is 13.8. The highest BCUT2D eigenvalue weighted by Gasteiger charge is 2.06. The summed E-state index contributed by atoms with van der Waals surface area (Å²) in [5.74, 6) is -1.06. The monoisotopic (exact) mass is 293 g/mol. The van der Waals surface area contributed by atoms with Crippen LogP contribution >= 0.6 is 11.3 Å². The van der Waals surface area contributed by atoms with Gasteiger partial charge in [0.25, 0.3) is 0 Å². The van der Waals surface area contributed by atoms with Crippen molar-refractivity contribution in [2.45, 2.75) is 6.54 Å². The number of anilines is 1. The molecule has 8 heteroatoms. The fourth-order valence-corrected chi connectivity index (χ4v) is 2.06. The molecular formula is C12H11N3O4S. The van der Waals surface area contributed by atoms with Crippen molar-refractivity contribution in [1.82, 2.24) is 10.3 Å². The van der Waals surface area contributed by atoms with E-state index >= 15 is 0 Å². The molecule has 0 aliphatic heterocycles. The number of aromatic nitrogens is 1. The van der Waals surface area contributed by atoms with Gasteiger partial charge in [-0.1, -0.05) is 17.4 Å². The predicted molar refractivity (Wildman–Crippen MR) is 74.2 cm³/mol. The van der Waals surface area contributed by atoms with Gasteiger partial charge in [0, 0.05) is 16.8 Å². The second-order valence-corrected chi connectivity index (χ2v) is 4.71. The number of benzene rings is 1. The van der Waals surface area contributed by atoms with Crippen molar-refractivity contribution >= 4 is 29.0 Å². The number of rotatable bonds is 4. The van der Waals surface area contributed by atoms with Crippen molar-refractivity contribution < 1.29 is 14.7 Å². The molecule has 0 unspecified atom stereocenters. The zero-order valence-corrected chi connectivity index (χ0v) is 11.0. The Morgan fingerprint density at radius 1 is 1.35 bits per heavy atom. The number of hydrogen-bond acceptors (Lipinski definition) is 4.